The van der Waals surface area contributed by atoms with E-state index in [1.807, 2.05) is 6.20 Å². The average Bonchev–Trinajstić information content (AvgIpc) is 2.81. The van der Waals surface area contributed by atoms with Gasteiger partial charge in [-0.15, -0.1) is 0 Å². The van der Waals surface area contributed by atoms with Crippen LogP contribution in [0, 0.1) is 17.8 Å². The third kappa shape index (κ3) is 3.96. The zero-order valence-electron chi connectivity index (χ0n) is 23.4. The van der Waals surface area contributed by atoms with Crippen LogP contribution in [0.15, 0.2) is 54.9 Å². The smallest absolute Gasteiger partial charge is 0.228 e. The van der Waals surface area contributed by atoms with Gasteiger partial charge in [0.25, 0.3) is 0 Å². The predicted octanol–water partition coefficient (Wildman–Crippen LogP) is 8.62. The number of pyridine rings is 2. The summed E-state index contributed by atoms with van der Waals surface area (Å²) in [6.07, 6.45) is 6.17. The van der Waals surface area contributed by atoms with Gasteiger partial charge in [-0.1, -0.05) is 65.8 Å². The van der Waals surface area contributed by atoms with Crippen molar-refractivity contribution >= 4 is 32.4 Å². The molecule has 0 radical (unpaired) electrons. The number of aromatic nitrogens is 2. The zero-order valence-corrected chi connectivity index (χ0v) is 23.4. The number of hydrogen-bond acceptors (Lipinski definition) is 2. The summed E-state index contributed by atoms with van der Waals surface area (Å²) in [6, 6.07) is 15.5. The molecule has 0 unspecified atom stereocenters. The Morgan fingerprint density at radius 2 is 1.54 bits per heavy atom. The molecule has 0 saturated carbocycles. The van der Waals surface area contributed by atoms with Gasteiger partial charge in [-0.3, -0.25) is 4.98 Å². The van der Waals surface area contributed by atoms with Crippen molar-refractivity contribution in [2.24, 2.45) is 17.9 Å². The van der Waals surface area contributed by atoms with Gasteiger partial charge in [0, 0.05) is 34.7 Å². The lowest BCUT2D eigenvalue weighted by Gasteiger charge is -2.28. The monoisotopic (exact) mass is 489 g/mol. The minimum atomic E-state index is 0.123. The summed E-state index contributed by atoms with van der Waals surface area (Å²) in [7, 11) is 2.16. The van der Waals surface area contributed by atoms with E-state index in [1.165, 1.54) is 54.9 Å². The lowest BCUT2D eigenvalue weighted by Crippen LogP contribution is -2.32. The van der Waals surface area contributed by atoms with E-state index >= 15 is 0 Å². The number of aryl methyl sites for hydroxylation is 2. The van der Waals surface area contributed by atoms with Crippen LogP contribution in [0.25, 0.3) is 43.7 Å². The van der Waals surface area contributed by atoms with Crippen LogP contribution in [0.3, 0.4) is 0 Å². The first-order valence-corrected chi connectivity index (χ1v) is 13.4. The van der Waals surface area contributed by atoms with E-state index in [9.17, 15) is 0 Å². The molecule has 0 saturated heterocycles. The van der Waals surface area contributed by atoms with Crippen molar-refractivity contribution in [3.8, 4) is 22.8 Å². The molecule has 0 spiro atoms. The van der Waals surface area contributed by atoms with Crippen molar-refractivity contribution < 1.29 is 9.30 Å². The molecule has 1 aliphatic heterocycles. The van der Waals surface area contributed by atoms with Gasteiger partial charge in [0.05, 0.1) is 16.5 Å². The van der Waals surface area contributed by atoms with Gasteiger partial charge in [-0.05, 0) is 58.6 Å². The van der Waals surface area contributed by atoms with Crippen molar-refractivity contribution in [2.75, 3.05) is 0 Å². The van der Waals surface area contributed by atoms with E-state index in [2.05, 4.69) is 109 Å². The van der Waals surface area contributed by atoms with Gasteiger partial charge in [0.1, 0.15) is 18.5 Å². The highest BCUT2D eigenvalue weighted by atomic mass is 16.5. The fourth-order valence-corrected chi connectivity index (χ4v) is 6.12. The van der Waals surface area contributed by atoms with E-state index in [-0.39, 0.29) is 10.8 Å². The Morgan fingerprint density at radius 3 is 2.24 bits per heavy atom. The first kappa shape index (κ1) is 23.9. The van der Waals surface area contributed by atoms with Gasteiger partial charge in [-0.2, -0.15) is 0 Å². The molecule has 3 heteroatoms. The summed E-state index contributed by atoms with van der Waals surface area (Å²) in [5, 5.41) is 6.18. The average molecular weight is 490 g/mol. The molecule has 6 rings (SSSR count). The summed E-state index contributed by atoms with van der Waals surface area (Å²) in [5.41, 5.74) is 7.61. The quantitative estimate of drug-likeness (QED) is 0.180. The van der Waals surface area contributed by atoms with Crippen LogP contribution in [0.5, 0.6) is 11.5 Å². The highest BCUT2D eigenvalue weighted by Gasteiger charge is 2.34. The summed E-state index contributed by atoms with van der Waals surface area (Å²) < 4.78 is 9.21. The van der Waals surface area contributed by atoms with E-state index in [0.717, 1.165) is 29.9 Å². The number of ether oxygens (including phenoxy) is 1. The van der Waals surface area contributed by atoms with Crippen molar-refractivity contribution in [1.82, 2.24) is 4.98 Å². The van der Waals surface area contributed by atoms with Gasteiger partial charge < -0.3 is 4.74 Å². The Morgan fingerprint density at radius 1 is 0.838 bits per heavy atom. The second-order valence-corrected chi connectivity index (χ2v) is 13.3. The van der Waals surface area contributed by atoms with Crippen molar-refractivity contribution in [1.29, 1.82) is 0 Å². The largest absolute Gasteiger partial charge is 0.455 e. The first-order valence-electron chi connectivity index (χ1n) is 13.4. The highest BCUT2D eigenvalue weighted by molar-refractivity contribution is 6.15. The molecule has 0 atom stereocenters. The number of benzene rings is 3. The maximum absolute atomic E-state index is 6.94. The predicted molar refractivity (Wildman–Crippen MR) is 154 cm³/mol. The summed E-state index contributed by atoms with van der Waals surface area (Å²) in [4.78, 5) is 4.92. The Balaban J connectivity index is 1.72. The molecular weight excluding hydrogens is 452 g/mol. The van der Waals surface area contributed by atoms with Crippen LogP contribution in [0.2, 0.25) is 0 Å². The van der Waals surface area contributed by atoms with Gasteiger partial charge >= 0.3 is 0 Å². The van der Waals surface area contributed by atoms with Gasteiger partial charge in [-0.25, -0.2) is 4.57 Å². The Bertz CT molecular complexity index is 1730. The Hall–Kier alpha value is -3.46. The summed E-state index contributed by atoms with van der Waals surface area (Å²) in [5.74, 6) is 1.91. The fraction of sp³-hybridized carbons (Fsp3) is 0.353. The lowest BCUT2D eigenvalue weighted by atomic mass is 9.81. The van der Waals surface area contributed by atoms with E-state index in [1.54, 1.807) is 0 Å². The molecule has 2 aromatic heterocycles. The number of nitrogens with zero attached hydrogens (tertiary/aromatic N) is 2. The molecule has 3 heterocycles. The molecule has 0 N–H and O–H groups in total. The molecule has 5 aromatic rings. The minimum Gasteiger partial charge on any atom is -0.455 e. The van der Waals surface area contributed by atoms with Crippen molar-refractivity contribution in [3.63, 3.8) is 0 Å². The third-order valence-electron chi connectivity index (χ3n) is 7.53. The van der Waals surface area contributed by atoms with E-state index < -0.39 is 0 Å². The van der Waals surface area contributed by atoms with Crippen LogP contribution in [0.4, 0.5) is 0 Å². The van der Waals surface area contributed by atoms with Crippen LogP contribution >= 0.6 is 0 Å². The van der Waals surface area contributed by atoms with Crippen molar-refractivity contribution in [2.45, 2.75) is 61.3 Å². The fourth-order valence-electron chi connectivity index (χ4n) is 6.12. The molecule has 3 aromatic carbocycles. The van der Waals surface area contributed by atoms with E-state index in [4.69, 9.17) is 9.72 Å². The van der Waals surface area contributed by atoms with E-state index in [0.29, 0.717) is 0 Å². The Kier molecular flexibility index (Phi) is 5.18. The number of fused-ring (bicyclic) bond motifs is 5. The maximum atomic E-state index is 6.94. The van der Waals surface area contributed by atoms with Crippen LogP contribution in [-0.2, 0) is 19.9 Å². The van der Waals surface area contributed by atoms with Gasteiger partial charge in [0.2, 0.25) is 5.69 Å². The molecule has 0 bridgehead atoms. The lowest BCUT2D eigenvalue weighted by molar-refractivity contribution is -0.659. The topological polar surface area (TPSA) is 26.0 Å². The molecule has 0 amide bonds. The highest BCUT2D eigenvalue weighted by Crippen LogP contribution is 2.52. The van der Waals surface area contributed by atoms with Gasteiger partial charge in [0.15, 0.2) is 6.20 Å². The molecular formula is C34H37N2O+. The number of hydrogen-bond donors (Lipinski definition) is 0. The van der Waals surface area contributed by atoms with Crippen LogP contribution in [-0.4, -0.2) is 4.98 Å². The molecule has 1 aliphatic rings. The first-order chi connectivity index (χ1) is 17.4. The van der Waals surface area contributed by atoms with Crippen molar-refractivity contribution in [3.05, 3.63) is 71.5 Å². The Labute approximate surface area is 220 Å². The second-order valence-electron chi connectivity index (χ2n) is 13.3. The van der Waals surface area contributed by atoms with Crippen LogP contribution in [0.1, 0.15) is 58.2 Å². The summed E-state index contributed by atoms with van der Waals surface area (Å²) >= 11 is 0. The number of rotatable bonds is 2. The SMILES string of the molecule is Cc1c2c(c(CC(C)(C)C)c3ccccc13)Oc1cc3ncc(CC(C)(C)C)cc3c3cc[n+](C)c-2c13. The third-order valence-corrected chi connectivity index (χ3v) is 7.53. The minimum absolute atomic E-state index is 0.123. The molecule has 188 valence electrons. The normalized spacial score (nSPS) is 13.3. The van der Waals surface area contributed by atoms with Crippen LogP contribution < -0.4 is 9.30 Å². The standard InChI is InChI=1S/C34H37N2O/c1-20-22-11-9-10-12-23(22)26(18-34(5,6)7)32-29(20)31-30-24(13-14-36(31)8)25-15-21(17-33(2,3)4)19-35-27(25)16-28(30)37-32/h9-16,19H,17-18H2,1-8H3/q+1. The summed E-state index contributed by atoms with van der Waals surface area (Å²) in [6.45, 7) is 16.0. The molecule has 3 nitrogen and oxygen atoms in total. The second kappa shape index (κ2) is 8.02. The molecule has 0 aliphatic carbocycles. The molecule has 37 heavy (non-hydrogen) atoms. The zero-order chi connectivity index (χ0) is 26.3. The maximum Gasteiger partial charge on any atom is 0.228 e. The molecule has 0 fully saturated rings.